The molecule has 0 saturated carbocycles. The lowest BCUT2D eigenvalue weighted by Crippen LogP contribution is -2.38. The standard InChI is InChI=1S/C28H35N3O4/c1-21-12-9-10-18-31(21)28-24(26(29-35-28)22-13-5-4-6-14-22)20-30(17-11-19-33-2)27(32)23-15-7-8-16-25(23)34-3/h4-8,13-16,21H,9-12,17-20H2,1-3H3. The Bertz CT molecular complexity index is 1100. The molecule has 7 heteroatoms. The minimum Gasteiger partial charge on any atom is -0.496 e. The molecular formula is C28H35N3O4. The monoisotopic (exact) mass is 477 g/mol. The van der Waals surface area contributed by atoms with E-state index in [0.717, 1.165) is 48.5 Å². The van der Waals surface area contributed by atoms with Crippen molar-refractivity contribution >= 4 is 11.8 Å². The van der Waals surface area contributed by atoms with Crippen LogP contribution in [0.1, 0.15) is 48.5 Å². The van der Waals surface area contributed by atoms with Gasteiger partial charge in [-0.15, -0.1) is 0 Å². The summed E-state index contributed by atoms with van der Waals surface area (Å²) in [6.07, 6.45) is 4.16. The molecule has 4 rings (SSSR count). The van der Waals surface area contributed by atoms with Gasteiger partial charge in [-0.2, -0.15) is 0 Å². The van der Waals surface area contributed by atoms with Crippen molar-refractivity contribution in [3.63, 3.8) is 0 Å². The third-order valence-corrected chi connectivity index (χ3v) is 6.63. The van der Waals surface area contributed by atoms with Crippen molar-refractivity contribution in [2.75, 3.05) is 38.8 Å². The summed E-state index contributed by atoms with van der Waals surface area (Å²) in [5, 5.41) is 4.51. The number of hydrogen-bond acceptors (Lipinski definition) is 6. The molecule has 1 atom stereocenters. The van der Waals surface area contributed by atoms with Gasteiger partial charge in [0.05, 0.1) is 24.8 Å². The molecule has 0 bridgehead atoms. The summed E-state index contributed by atoms with van der Waals surface area (Å²) in [6.45, 7) is 4.64. The number of benzene rings is 2. The summed E-state index contributed by atoms with van der Waals surface area (Å²) < 4.78 is 16.8. The minimum absolute atomic E-state index is 0.0867. The number of anilines is 1. The number of aromatic nitrogens is 1. The van der Waals surface area contributed by atoms with Gasteiger partial charge in [0.1, 0.15) is 11.4 Å². The molecule has 1 unspecified atom stereocenters. The number of rotatable bonds is 10. The fourth-order valence-corrected chi connectivity index (χ4v) is 4.73. The second-order valence-electron chi connectivity index (χ2n) is 8.99. The van der Waals surface area contributed by atoms with E-state index in [9.17, 15) is 4.79 Å². The molecule has 1 amide bonds. The van der Waals surface area contributed by atoms with Crippen molar-refractivity contribution in [3.8, 4) is 17.0 Å². The van der Waals surface area contributed by atoms with Crippen LogP contribution >= 0.6 is 0 Å². The van der Waals surface area contributed by atoms with Crippen LogP contribution in [0.2, 0.25) is 0 Å². The topological polar surface area (TPSA) is 68.0 Å². The Kier molecular flexibility index (Phi) is 8.42. The van der Waals surface area contributed by atoms with Gasteiger partial charge in [0.2, 0.25) is 5.88 Å². The van der Waals surface area contributed by atoms with Gasteiger partial charge < -0.3 is 23.8 Å². The number of carbonyl (C=O) groups is 1. The van der Waals surface area contributed by atoms with Gasteiger partial charge in [-0.25, -0.2) is 0 Å². The van der Waals surface area contributed by atoms with E-state index in [4.69, 9.17) is 14.0 Å². The van der Waals surface area contributed by atoms with Crippen molar-refractivity contribution in [3.05, 3.63) is 65.7 Å². The number of para-hydroxylation sites is 1. The smallest absolute Gasteiger partial charge is 0.257 e. The van der Waals surface area contributed by atoms with Crippen LogP contribution in [-0.2, 0) is 11.3 Å². The van der Waals surface area contributed by atoms with Gasteiger partial charge in [0.25, 0.3) is 5.91 Å². The molecule has 2 aromatic carbocycles. The van der Waals surface area contributed by atoms with Gasteiger partial charge in [-0.3, -0.25) is 4.79 Å². The maximum absolute atomic E-state index is 13.8. The first-order valence-corrected chi connectivity index (χ1v) is 12.4. The third-order valence-electron chi connectivity index (χ3n) is 6.63. The van der Waals surface area contributed by atoms with Gasteiger partial charge in [0.15, 0.2) is 0 Å². The zero-order valence-corrected chi connectivity index (χ0v) is 20.9. The number of nitrogens with zero attached hydrogens (tertiary/aromatic N) is 3. The van der Waals surface area contributed by atoms with Crippen LogP contribution in [-0.4, -0.2) is 55.9 Å². The number of hydrogen-bond donors (Lipinski definition) is 0. The van der Waals surface area contributed by atoms with E-state index in [-0.39, 0.29) is 5.91 Å². The number of carbonyl (C=O) groups excluding carboxylic acids is 1. The van der Waals surface area contributed by atoms with Crippen LogP contribution in [0.5, 0.6) is 5.75 Å². The zero-order chi connectivity index (χ0) is 24.6. The van der Waals surface area contributed by atoms with Crippen molar-refractivity contribution < 1.29 is 18.8 Å². The molecule has 35 heavy (non-hydrogen) atoms. The lowest BCUT2D eigenvalue weighted by Gasteiger charge is -2.34. The summed E-state index contributed by atoms with van der Waals surface area (Å²) in [4.78, 5) is 17.9. The molecule has 0 aliphatic carbocycles. The van der Waals surface area contributed by atoms with E-state index in [1.165, 1.54) is 6.42 Å². The molecule has 0 radical (unpaired) electrons. The van der Waals surface area contributed by atoms with Crippen molar-refractivity contribution in [1.29, 1.82) is 0 Å². The average Bonchev–Trinajstić information content (AvgIpc) is 3.31. The molecule has 186 valence electrons. The van der Waals surface area contributed by atoms with Crippen molar-refractivity contribution in [2.45, 2.75) is 45.2 Å². The molecule has 0 spiro atoms. The molecule has 2 heterocycles. The number of ether oxygens (including phenoxy) is 2. The van der Waals surface area contributed by atoms with Crippen molar-refractivity contribution in [1.82, 2.24) is 10.1 Å². The molecule has 1 aliphatic heterocycles. The third kappa shape index (κ3) is 5.68. The van der Waals surface area contributed by atoms with E-state index in [0.29, 0.717) is 37.1 Å². The summed E-state index contributed by atoms with van der Waals surface area (Å²) >= 11 is 0. The molecule has 1 saturated heterocycles. The second kappa shape index (κ2) is 11.9. The lowest BCUT2D eigenvalue weighted by atomic mass is 10.0. The molecule has 0 N–H and O–H groups in total. The first-order valence-electron chi connectivity index (χ1n) is 12.4. The Morgan fingerprint density at radius 2 is 1.89 bits per heavy atom. The van der Waals surface area contributed by atoms with E-state index < -0.39 is 0 Å². The quantitative estimate of drug-likeness (QED) is 0.364. The van der Waals surface area contributed by atoms with Crippen molar-refractivity contribution in [2.24, 2.45) is 0 Å². The molecule has 1 aliphatic rings. The summed E-state index contributed by atoms with van der Waals surface area (Å²) in [5.74, 6) is 1.24. The molecular weight excluding hydrogens is 442 g/mol. The molecule has 1 aromatic heterocycles. The van der Waals surface area contributed by atoms with E-state index in [1.54, 1.807) is 14.2 Å². The Labute approximate surface area is 207 Å². The highest BCUT2D eigenvalue weighted by Crippen LogP contribution is 2.36. The summed E-state index contributed by atoms with van der Waals surface area (Å²) in [6, 6.07) is 17.7. The number of methoxy groups -OCH3 is 2. The Morgan fingerprint density at radius 3 is 2.63 bits per heavy atom. The first kappa shape index (κ1) is 24.8. The normalized spacial score (nSPS) is 15.7. The SMILES string of the molecule is COCCCN(Cc1c(-c2ccccc2)noc1N1CCCCC1C)C(=O)c1ccccc1OC. The Balaban J connectivity index is 1.74. The molecule has 1 fully saturated rings. The van der Waals surface area contributed by atoms with Gasteiger partial charge in [-0.1, -0.05) is 47.6 Å². The van der Waals surface area contributed by atoms with E-state index in [1.807, 2.05) is 59.5 Å². The average molecular weight is 478 g/mol. The fraction of sp³-hybridized carbons (Fsp3) is 0.429. The number of amides is 1. The maximum Gasteiger partial charge on any atom is 0.257 e. The molecule has 7 nitrogen and oxygen atoms in total. The van der Waals surface area contributed by atoms with Gasteiger partial charge in [0, 0.05) is 38.4 Å². The largest absolute Gasteiger partial charge is 0.496 e. The highest BCUT2D eigenvalue weighted by molar-refractivity contribution is 5.97. The number of piperidine rings is 1. The highest BCUT2D eigenvalue weighted by atomic mass is 16.5. The Hall–Kier alpha value is -3.32. The lowest BCUT2D eigenvalue weighted by molar-refractivity contribution is 0.0720. The summed E-state index contributed by atoms with van der Waals surface area (Å²) in [5.41, 5.74) is 3.23. The van der Waals surface area contributed by atoms with E-state index in [2.05, 4.69) is 17.0 Å². The maximum atomic E-state index is 13.8. The van der Waals surface area contributed by atoms with Crippen LogP contribution in [0.4, 0.5) is 5.88 Å². The minimum atomic E-state index is -0.0867. The zero-order valence-electron chi connectivity index (χ0n) is 20.9. The first-order chi connectivity index (χ1) is 17.1. The highest BCUT2D eigenvalue weighted by Gasteiger charge is 2.30. The van der Waals surface area contributed by atoms with E-state index >= 15 is 0 Å². The molecule has 3 aromatic rings. The second-order valence-corrected chi connectivity index (χ2v) is 8.99. The van der Waals surface area contributed by atoms with Crippen LogP contribution < -0.4 is 9.64 Å². The predicted molar refractivity (Wildman–Crippen MR) is 137 cm³/mol. The van der Waals surface area contributed by atoms with Crippen LogP contribution in [0.3, 0.4) is 0 Å². The summed E-state index contributed by atoms with van der Waals surface area (Å²) in [7, 11) is 3.26. The fourth-order valence-electron chi connectivity index (χ4n) is 4.73. The van der Waals surface area contributed by atoms with Crippen LogP contribution in [0, 0.1) is 0 Å². The Morgan fingerprint density at radius 1 is 1.11 bits per heavy atom. The van der Waals surface area contributed by atoms with Gasteiger partial charge in [-0.05, 0) is 44.7 Å². The van der Waals surface area contributed by atoms with Crippen LogP contribution in [0.25, 0.3) is 11.3 Å². The van der Waals surface area contributed by atoms with Crippen LogP contribution in [0.15, 0.2) is 59.1 Å². The van der Waals surface area contributed by atoms with Gasteiger partial charge >= 0.3 is 0 Å². The predicted octanol–water partition coefficient (Wildman–Crippen LogP) is 5.41.